The zero-order chi connectivity index (χ0) is 10.8. The van der Waals surface area contributed by atoms with Gasteiger partial charge in [0.1, 0.15) is 23.8 Å². The highest BCUT2D eigenvalue weighted by molar-refractivity contribution is 9.10. The van der Waals surface area contributed by atoms with Gasteiger partial charge in [-0.3, -0.25) is 0 Å². The van der Waals surface area contributed by atoms with Gasteiger partial charge < -0.3 is 15.2 Å². The molecule has 2 unspecified atom stereocenters. The van der Waals surface area contributed by atoms with Crippen LogP contribution < -0.4 is 10.1 Å². The van der Waals surface area contributed by atoms with Crippen LogP contribution in [0, 0.1) is 5.82 Å². The maximum absolute atomic E-state index is 12.9. The van der Waals surface area contributed by atoms with Crippen LogP contribution >= 0.6 is 15.9 Å². The molecule has 5 heteroatoms. The van der Waals surface area contributed by atoms with Crippen molar-refractivity contribution in [3.63, 3.8) is 0 Å². The molecule has 0 aliphatic carbocycles. The molecular weight excluding hydrogens is 265 g/mol. The molecule has 2 rings (SSSR count). The SMILES string of the molecule is OC1CNCC1Oc1cc(F)ccc1Br. The minimum absolute atomic E-state index is 0.317. The predicted octanol–water partition coefficient (Wildman–Crippen LogP) is 1.30. The molecule has 0 aromatic heterocycles. The number of aliphatic hydroxyl groups excluding tert-OH is 1. The van der Waals surface area contributed by atoms with Gasteiger partial charge in [-0.1, -0.05) is 0 Å². The van der Waals surface area contributed by atoms with Crippen LogP contribution in [0.25, 0.3) is 0 Å². The molecular formula is C10H11BrFNO2. The molecule has 82 valence electrons. The molecule has 0 bridgehead atoms. The van der Waals surface area contributed by atoms with E-state index in [4.69, 9.17) is 4.74 Å². The first-order valence-electron chi connectivity index (χ1n) is 4.67. The Morgan fingerprint density at radius 3 is 2.93 bits per heavy atom. The second-order valence-corrected chi connectivity index (χ2v) is 4.31. The molecule has 3 nitrogen and oxygen atoms in total. The zero-order valence-corrected chi connectivity index (χ0v) is 9.50. The fourth-order valence-corrected chi connectivity index (χ4v) is 1.83. The highest BCUT2D eigenvalue weighted by Gasteiger charge is 2.27. The Labute approximate surface area is 95.4 Å². The Bertz CT molecular complexity index is 361. The molecule has 0 radical (unpaired) electrons. The molecule has 2 atom stereocenters. The summed E-state index contributed by atoms with van der Waals surface area (Å²) in [7, 11) is 0. The van der Waals surface area contributed by atoms with Crippen LogP contribution in [0.3, 0.4) is 0 Å². The van der Waals surface area contributed by atoms with Crippen molar-refractivity contribution < 1.29 is 14.2 Å². The smallest absolute Gasteiger partial charge is 0.138 e. The number of nitrogens with one attached hydrogen (secondary N) is 1. The van der Waals surface area contributed by atoms with Crippen LogP contribution in [0.15, 0.2) is 22.7 Å². The summed E-state index contributed by atoms with van der Waals surface area (Å²) in [4.78, 5) is 0. The third-order valence-electron chi connectivity index (χ3n) is 2.30. The number of hydrogen-bond donors (Lipinski definition) is 2. The summed E-state index contributed by atoms with van der Waals surface area (Å²) in [6.07, 6.45) is -0.858. The van der Waals surface area contributed by atoms with Crippen molar-refractivity contribution in [3.8, 4) is 5.75 Å². The van der Waals surface area contributed by atoms with E-state index in [-0.39, 0.29) is 11.9 Å². The Kier molecular flexibility index (Phi) is 3.23. The van der Waals surface area contributed by atoms with Crippen molar-refractivity contribution in [2.45, 2.75) is 12.2 Å². The summed E-state index contributed by atoms with van der Waals surface area (Å²) in [5, 5.41) is 12.5. The molecule has 1 heterocycles. The van der Waals surface area contributed by atoms with E-state index in [1.54, 1.807) is 6.07 Å². The van der Waals surface area contributed by atoms with Crippen molar-refractivity contribution in [1.29, 1.82) is 0 Å². The molecule has 1 aromatic rings. The zero-order valence-electron chi connectivity index (χ0n) is 7.91. The fourth-order valence-electron chi connectivity index (χ4n) is 1.49. The molecule has 1 aromatic carbocycles. The van der Waals surface area contributed by atoms with Crippen LogP contribution in [0.4, 0.5) is 4.39 Å². The first-order chi connectivity index (χ1) is 7.16. The van der Waals surface area contributed by atoms with E-state index in [1.165, 1.54) is 12.1 Å². The number of rotatable bonds is 2. The Morgan fingerprint density at radius 2 is 2.27 bits per heavy atom. The topological polar surface area (TPSA) is 41.5 Å². The largest absolute Gasteiger partial charge is 0.485 e. The lowest BCUT2D eigenvalue weighted by atomic mass is 10.2. The summed E-state index contributed by atoms with van der Waals surface area (Å²) >= 11 is 3.26. The highest BCUT2D eigenvalue weighted by atomic mass is 79.9. The maximum Gasteiger partial charge on any atom is 0.138 e. The molecule has 15 heavy (non-hydrogen) atoms. The van der Waals surface area contributed by atoms with E-state index in [0.717, 1.165) is 0 Å². The number of benzene rings is 1. The third kappa shape index (κ3) is 2.48. The van der Waals surface area contributed by atoms with Gasteiger partial charge in [0.25, 0.3) is 0 Å². The van der Waals surface area contributed by atoms with E-state index in [2.05, 4.69) is 21.2 Å². The summed E-state index contributed by atoms with van der Waals surface area (Å²) < 4.78 is 19.1. The minimum Gasteiger partial charge on any atom is -0.485 e. The van der Waals surface area contributed by atoms with E-state index in [1.807, 2.05) is 0 Å². The Morgan fingerprint density at radius 1 is 1.47 bits per heavy atom. The molecule has 1 aliphatic heterocycles. The highest BCUT2D eigenvalue weighted by Crippen LogP contribution is 2.27. The van der Waals surface area contributed by atoms with Crippen LogP contribution in [0.2, 0.25) is 0 Å². The summed E-state index contributed by atoms with van der Waals surface area (Å²) in [6, 6.07) is 4.23. The van der Waals surface area contributed by atoms with Gasteiger partial charge in [-0.2, -0.15) is 0 Å². The van der Waals surface area contributed by atoms with Gasteiger partial charge in [0.05, 0.1) is 4.47 Å². The lowest BCUT2D eigenvalue weighted by Gasteiger charge is -2.17. The van der Waals surface area contributed by atoms with Crippen LogP contribution in [0.5, 0.6) is 5.75 Å². The summed E-state index contributed by atoms with van der Waals surface area (Å²) in [6.45, 7) is 1.09. The van der Waals surface area contributed by atoms with Gasteiger partial charge in [-0.25, -0.2) is 4.39 Å². The van der Waals surface area contributed by atoms with E-state index >= 15 is 0 Å². The summed E-state index contributed by atoms with van der Waals surface area (Å²) in [5.74, 6) is 0.0661. The minimum atomic E-state index is -0.542. The van der Waals surface area contributed by atoms with Crippen molar-refractivity contribution in [3.05, 3.63) is 28.5 Å². The number of β-amino-alcohol motifs (C(OH)–C–C–N with tert-alkyl or cyclic N) is 1. The van der Waals surface area contributed by atoms with Crippen molar-refractivity contribution in [1.82, 2.24) is 5.32 Å². The maximum atomic E-state index is 12.9. The van der Waals surface area contributed by atoms with Gasteiger partial charge in [0.2, 0.25) is 0 Å². The van der Waals surface area contributed by atoms with Crippen LogP contribution in [0.1, 0.15) is 0 Å². The van der Waals surface area contributed by atoms with Gasteiger partial charge in [-0.05, 0) is 28.1 Å². The second-order valence-electron chi connectivity index (χ2n) is 3.46. The molecule has 2 N–H and O–H groups in total. The van der Waals surface area contributed by atoms with Gasteiger partial charge >= 0.3 is 0 Å². The normalized spacial score (nSPS) is 25.5. The molecule has 0 spiro atoms. The first-order valence-corrected chi connectivity index (χ1v) is 5.46. The van der Waals surface area contributed by atoms with Crippen LogP contribution in [-0.2, 0) is 0 Å². The van der Waals surface area contributed by atoms with E-state index in [9.17, 15) is 9.50 Å². The first kappa shape index (κ1) is 10.9. The average Bonchev–Trinajstić information content (AvgIpc) is 2.58. The quantitative estimate of drug-likeness (QED) is 0.855. The molecule has 0 amide bonds. The molecule has 1 aliphatic rings. The average molecular weight is 276 g/mol. The van der Waals surface area contributed by atoms with Crippen molar-refractivity contribution >= 4 is 15.9 Å². The lowest BCUT2D eigenvalue weighted by Crippen LogP contribution is -2.29. The molecule has 1 fully saturated rings. The molecule has 1 saturated heterocycles. The predicted molar refractivity (Wildman–Crippen MR) is 57.4 cm³/mol. The van der Waals surface area contributed by atoms with E-state index in [0.29, 0.717) is 23.3 Å². The fraction of sp³-hybridized carbons (Fsp3) is 0.400. The van der Waals surface area contributed by atoms with Gasteiger partial charge in [0, 0.05) is 19.2 Å². The number of ether oxygens (including phenoxy) is 1. The van der Waals surface area contributed by atoms with E-state index < -0.39 is 6.10 Å². The molecule has 0 saturated carbocycles. The van der Waals surface area contributed by atoms with Gasteiger partial charge in [0.15, 0.2) is 0 Å². The van der Waals surface area contributed by atoms with Crippen molar-refractivity contribution in [2.75, 3.05) is 13.1 Å². The number of aliphatic hydroxyl groups is 1. The second kappa shape index (κ2) is 4.47. The Balaban J connectivity index is 2.12. The standard InChI is InChI=1S/C10H11BrFNO2/c11-7-2-1-6(12)3-9(7)15-10-5-13-4-8(10)14/h1-3,8,10,13-14H,4-5H2. The van der Waals surface area contributed by atoms with Crippen molar-refractivity contribution in [2.24, 2.45) is 0 Å². The monoisotopic (exact) mass is 275 g/mol. The summed E-state index contributed by atoms with van der Waals surface area (Å²) in [5.41, 5.74) is 0. The third-order valence-corrected chi connectivity index (χ3v) is 2.95. The number of hydrogen-bond acceptors (Lipinski definition) is 3. The van der Waals surface area contributed by atoms with Gasteiger partial charge in [-0.15, -0.1) is 0 Å². The Hall–Kier alpha value is -0.650. The number of halogens is 2. The lowest BCUT2D eigenvalue weighted by molar-refractivity contribution is 0.0730. The van der Waals surface area contributed by atoms with Crippen LogP contribution in [-0.4, -0.2) is 30.4 Å².